The summed E-state index contributed by atoms with van der Waals surface area (Å²) in [5.74, 6) is -0.634. The molecule has 0 bridgehead atoms. The Bertz CT molecular complexity index is 1150. The van der Waals surface area contributed by atoms with Crippen LogP contribution in [0.3, 0.4) is 0 Å². The predicted molar refractivity (Wildman–Crippen MR) is 116 cm³/mol. The maximum Gasteiger partial charge on any atom is 0.416 e. The summed E-state index contributed by atoms with van der Waals surface area (Å²) in [6.45, 7) is 0.0745. The highest BCUT2D eigenvalue weighted by Crippen LogP contribution is 2.30. The van der Waals surface area contributed by atoms with Gasteiger partial charge in [-0.05, 0) is 53.6 Å². The molecule has 0 radical (unpaired) electrons. The molecule has 0 fully saturated rings. The summed E-state index contributed by atoms with van der Waals surface area (Å²) in [4.78, 5) is 24.1. The SMILES string of the molecule is COC(=O)c1ccc(CNC(=O)c2cc(OCc3cccc(C(F)(F)F)c3)ccc2Cl)cc1. The molecule has 0 atom stereocenters. The monoisotopic (exact) mass is 477 g/mol. The van der Waals surface area contributed by atoms with Crippen molar-refractivity contribution in [2.45, 2.75) is 19.3 Å². The van der Waals surface area contributed by atoms with E-state index in [1.165, 1.54) is 37.4 Å². The van der Waals surface area contributed by atoms with E-state index in [0.29, 0.717) is 11.1 Å². The maximum atomic E-state index is 12.9. The first-order valence-electron chi connectivity index (χ1n) is 9.71. The number of halogens is 4. The molecule has 0 aliphatic rings. The second-order valence-corrected chi connectivity index (χ2v) is 7.41. The molecule has 0 saturated heterocycles. The van der Waals surface area contributed by atoms with E-state index in [1.54, 1.807) is 24.3 Å². The van der Waals surface area contributed by atoms with Gasteiger partial charge in [0.1, 0.15) is 12.4 Å². The Morgan fingerprint density at radius 2 is 1.70 bits per heavy atom. The largest absolute Gasteiger partial charge is 0.489 e. The summed E-state index contributed by atoms with van der Waals surface area (Å²) < 4.78 is 48.8. The molecular formula is C24H19ClF3NO4. The van der Waals surface area contributed by atoms with Crippen molar-refractivity contribution in [1.29, 1.82) is 0 Å². The van der Waals surface area contributed by atoms with Crippen molar-refractivity contribution >= 4 is 23.5 Å². The minimum atomic E-state index is -4.44. The van der Waals surface area contributed by atoms with Crippen LogP contribution in [0.5, 0.6) is 5.75 Å². The van der Waals surface area contributed by atoms with Gasteiger partial charge in [0, 0.05) is 6.54 Å². The summed E-state index contributed by atoms with van der Waals surface area (Å²) in [5, 5.41) is 2.92. The molecule has 3 aromatic rings. The van der Waals surface area contributed by atoms with Gasteiger partial charge in [0.25, 0.3) is 5.91 Å². The zero-order valence-electron chi connectivity index (χ0n) is 17.4. The number of carbonyl (C=O) groups is 2. The highest BCUT2D eigenvalue weighted by atomic mass is 35.5. The number of ether oxygens (including phenoxy) is 2. The molecule has 0 heterocycles. The molecule has 5 nitrogen and oxygen atoms in total. The lowest BCUT2D eigenvalue weighted by Crippen LogP contribution is -2.23. The first-order chi connectivity index (χ1) is 15.7. The zero-order valence-corrected chi connectivity index (χ0v) is 18.2. The van der Waals surface area contributed by atoms with Crippen molar-refractivity contribution in [2.75, 3.05) is 7.11 Å². The van der Waals surface area contributed by atoms with E-state index in [4.69, 9.17) is 16.3 Å². The summed E-state index contributed by atoms with van der Waals surface area (Å²) in [5.41, 5.74) is 0.871. The molecule has 0 unspecified atom stereocenters. The predicted octanol–water partition coefficient (Wildman–Crippen LogP) is 5.65. The molecule has 172 valence electrons. The van der Waals surface area contributed by atoms with Crippen LogP contribution < -0.4 is 10.1 Å². The number of rotatable bonds is 7. The number of methoxy groups -OCH3 is 1. The number of esters is 1. The fraction of sp³-hybridized carbons (Fsp3) is 0.167. The number of hydrogen-bond donors (Lipinski definition) is 1. The molecule has 0 saturated carbocycles. The Morgan fingerprint density at radius 1 is 0.970 bits per heavy atom. The molecule has 33 heavy (non-hydrogen) atoms. The Morgan fingerprint density at radius 3 is 2.36 bits per heavy atom. The number of carbonyl (C=O) groups excluding carboxylic acids is 2. The van der Waals surface area contributed by atoms with Crippen molar-refractivity contribution in [3.8, 4) is 5.75 Å². The number of hydrogen-bond acceptors (Lipinski definition) is 4. The van der Waals surface area contributed by atoms with Crippen LogP contribution >= 0.6 is 11.6 Å². The molecule has 3 rings (SSSR count). The van der Waals surface area contributed by atoms with Gasteiger partial charge in [-0.25, -0.2) is 4.79 Å². The van der Waals surface area contributed by atoms with Gasteiger partial charge in [-0.15, -0.1) is 0 Å². The molecule has 0 spiro atoms. The van der Waals surface area contributed by atoms with Crippen molar-refractivity contribution < 1.29 is 32.2 Å². The van der Waals surface area contributed by atoms with Crippen LogP contribution in [0.4, 0.5) is 13.2 Å². The van der Waals surface area contributed by atoms with E-state index in [2.05, 4.69) is 10.1 Å². The number of nitrogens with one attached hydrogen (secondary N) is 1. The fourth-order valence-electron chi connectivity index (χ4n) is 2.93. The van der Waals surface area contributed by atoms with Crippen LogP contribution in [0.25, 0.3) is 0 Å². The van der Waals surface area contributed by atoms with Gasteiger partial charge in [-0.3, -0.25) is 4.79 Å². The average molecular weight is 478 g/mol. The van der Waals surface area contributed by atoms with Crippen LogP contribution in [0.15, 0.2) is 66.7 Å². The number of alkyl halides is 3. The lowest BCUT2D eigenvalue weighted by molar-refractivity contribution is -0.137. The highest BCUT2D eigenvalue weighted by Gasteiger charge is 2.30. The highest BCUT2D eigenvalue weighted by molar-refractivity contribution is 6.33. The van der Waals surface area contributed by atoms with E-state index in [9.17, 15) is 22.8 Å². The number of benzene rings is 3. The van der Waals surface area contributed by atoms with Crippen LogP contribution in [0.2, 0.25) is 5.02 Å². The van der Waals surface area contributed by atoms with Gasteiger partial charge in [0.2, 0.25) is 0 Å². The molecule has 9 heteroatoms. The third kappa shape index (κ3) is 6.49. The third-order valence-corrected chi connectivity index (χ3v) is 5.00. The first-order valence-corrected chi connectivity index (χ1v) is 10.1. The second kappa shape index (κ2) is 10.4. The Balaban J connectivity index is 1.63. The lowest BCUT2D eigenvalue weighted by Gasteiger charge is -2.12. The van der Waals surface area contributed by atoms with Gasteiger partial charge in [0.15, 0.2) is 0 Å². The molecule has 0 aliphatic carbocycles. The minimum Gasteiger partial charge on any atom is -0.489 e. The van der Waals surface area contributed by atoms with Crippen LogP contribution in [0.1, 0.15) is 37.4 Å². The van der Waals surface area contributed by atoms with Gasteiger partial charge >= 0.3 is 12.1 Å². The van der Waals surface area contributed by atoms with Crippen molar-refractivity contribution in [1.82, 2.24) is 5.32 Å². The molecule has 0 aromatic heterocycles. The molecule has 1 N–H and O–H groups in total. The summed E-state index contributed by atoms with van der Waals surface area (Å²) in [6.07, 6.45) is -4.44. The first kappa shape index (κ1) is 24.1. The van der Waals surface area contributed by atoms with Crippen molar-refractivity contribution in [2.24, 2.45) is 0 Å². The van der Waals surface area contributed by atoms with Gasteiger partial charge in [0.05, 0.1) is 28.8 Å². The van der Waals surface area contributed by atoms with E-state index in [0.717, 1.165) is 17.7 Å². The smallest absolute Gasteiger partial charge is 0.416 e. The molecule has 3 aromatic carbocycles. The van der Waals surface area contributed by atoms with Crippen molar-refractivity contribution in [3.05, 3.63) is 99.6 Å². The minimum absolute atomic E-state index is 0.112. The standard InChI is InChI=1S/C24H19ClF3NO4/c1-32-23(31)17-7-5-15(6-8-17)13-29-22(30)20-12-19(9-10-21(20)25)33-14-16-3-2-4-18(11-16)24(26,27)28/h2-12H,13-14H2,1H3,(H,29,30). The Hall–Kier alpha value is -3.52. The number of amides is 1. The molecule has 0 aliphatic heterocycles. The van der Waals surface area contributed by atoms with Crippen molar-refractivity contribution in [3.63, 3.8) is 0 Å². The van der Waals surface area contributed by atoms with Gasteiger partial charge < -0.3 is 14.8 Å². The fourth-order valence-corrected chi connectivity index (χ4v) is 3.13. The summed E-state index contributed by atoms with van der Waals surface area (Å²) in [7, 11) is 1.29. The molecule has 1 amide bonds. The lowest BCUT2D eigenvalue weighted by atomic mass is 10.1. The average Bonchev–Trinajstić information content (AvgIpc) is 2.81. The van der Waals surface area contributed by atoms with Gasteiger partial charge in [-0.2, -0.15) is 13.2 Å². The van der Waals surface area contributed by atoms with Gasteiger partial charge in [-0.1, -0.05) is 35.9 Å². The quantitative estimate of drug-likeness (QED) is 0.446. The zero-order chi connectivity index (χ0) is 24.0. The summed E-state index contributed by atoms with van der Waals surface area (Å²) >= 11 is 6.14. The molecular weight excluding hydrogens is 459 g/mol. The van der Waals surface area contributed by atoms with E-state index in [1.807, 2.05) is 0 Å². The normalized spacial score (nSPS) is 11.1. The second-order valence-electron chi connectivity index (χ2n) is 7.00. The summed E-state index contributed by atoms with van der Waals surface area (Å²) in [6, 6.07) is 15.8. The van der Waals surface area contributed by atoms with Crippen LogP contribution in [0, 0.1) is 0 Å². The Labute approximate surface area is 193 Å². The topological polar surface area (TPSA) is 64.6 Å². The third-order valence-electron chi connectivity index (χ3n) is 4.67. The van der Waals surface area contributed by atoms with Crippen LogP contribution in [-0.4, -0.2) is 19.0 Å². The van der Waals surface area contributed by atoms with Crippen LogP contribution in [-0.2, 0) is 24.1 Å². The van der Waals surface area contributed by atoms with E-state index in [-0.39, 0.29) is 29.5 Å². The van der Waals surface area contributed by atoms with E-state index >= 15 is 0 Å². The Kier molecular flexibility index (Phi) is 7.60. The van der Waals surface area contributed by atoms with E-state index < -0.39 is 23.6 Å². The maximum absolute atomic E-state index is 12.9.